The Kier molecular flexibility index (Phi) is 6.79. The molecule has 4 aromatic rings. The molecule has 0 bridgehead atoms. The topological polar surface area (TPSA) is 112 Å². The van der Waals surface area contributed by atoms with Crippen molar-refractivity contribution in [1.82, 2.24) is 29.2 Å². The Balaban J connectivity index is 1.35. The summed E-state index contributed by atoms with van der Waals surface area (Å²) >= 11 is 0. The second-order valence-corrected chi connectivity index (χ2v) is 13.4. The molecule has 1 fully saturated rings. The van der Waals surface area contributed by atoms with E-state index < -0.39 is 16.7 Å². The van der Waals surface area contributed by atoms with Crippen molar-refractivity contribution in [2.45, 2.75) is 90.4 Å². The van der Waals surface area contributed by atoms with Crippen LogP contribution in [0.5, 0.6) is 0 Å². The number of hydrogen-bond donors (Lipinski definition) is 1. The molecule has 2 aliphatic rings. The maximum atomic E-state index is 13.5. The van der Waals surface area contributed by atoms with Crippen LogP contribution in [0.1, 0.15) is 84.2 Å². The smallest absolute Gasteiger partial charge is 0.411 e. The summed E-state index contributed by atoms with van der Waals surface area (Å²) in [5.41, 5.74) is 2.23. The standard InChI is InChI=1S/C33H38N8O3/c1-20(2)40-28(42)23-19-35-29(38-27(23)41(40)26-11-9-10-25(37-26)33(34-8)15-16-33)36-22-12-13-24-21(18-22)14-17-39(32(24,6)7)30(43)44-31(3,4)5/h9-13,18-20H,14-17H2,1-7H3,(H,35,36,38). The first kappa shape index (κ1) is 29.4. The molecule has 3 aromatic heterocycles. The fourth-order valence-corrected chi connectivity index (χ4v) is 5.99. The molecule has 1 saturated carbocycles. The summed E-state index contributed by atoms with van der Waals surface area (Å²) in [6, 6.07) is 11.5. The van der Waals surface area contributed by atoms with Crippen molar-refractivity contribution in [3.63, 3.8) is 0 Å². The number of pyridine rings is 1. The lowest BCUT2D eigenvalue weighted by Gasteiger charge is -2.44. The van der Waals surface area contributed by atoms with Gasteiger partial charge in [-0.1, -0.05) is 12.1 Å². The second kappa shape index (κ2) is 10.2. The van der Waals surface area contributed by atoms with Gasteiger partial charge in [0, 0.05) is 37.3 Å². The molecule has 0 radical (unpaired) electrons. The average molecular weight is 595 g/mol. The number of aromatic nitrogens is 5. The van der Waals surface area contributed by atoms with E-state index in [2.05, 4.69) is 21.2 Å². The fraction of sp³-hybridized carbons (Fsp3) is 0.455. The largest absolute Gasteiger partial charge is 0.444 e. The molecule has 1 aliphatic carbocycles. The molecule has 0 spiro atoms. The third kappa shape index (κ3) is 4.98. The molecular weight excluding hydrogens is 556 g/mol. The molecule has 4 heterocycles. The molecule has 0 atom stereocenters. The maximum absolute atomic E-state index is 13.5. The predicted octanol–water partition coefficient (Wildman–Crippen LogP) is 6.24. The lowest BCUT2D eigenvalue weighted by molar-refractivity contribution is -0.000301. The van der Waals surface area contributed by atoms with Gasteiger partial charge in [-0.05, 0) is 90.3 Å². The van der Waals surface area contributed by atoms with Crippen molar-refractivity contribution >= 4 is 28.8 Å². The third-order valence-corrected chi connectivity index (χ3v) is 8.39. The molecular formula is C33H38N8O3. The van der Waals surface area contributed by atoms with Gasteiger partial charge in [0.15, 0.2) is 11.5 Å². The molecule has 1 aliphatic heterocycles. The number of fused-ring (bicyclic) bond motifs is 2. The molecule has 228 valence electrons. The highest BCUT2D eigenvalue weighted by Crippen LogP contribution is 2.48. The molecule has 1 amide bonds. The van der Waals surface area contributed by atoms with Crippen LogP contribution in [0.2, 0.25) is 0 Å². The van der Waals surface area contributed by atoms with E-state index in [-0.39, 0.29) is 17.7 Å². The molecule has 44 heavy (non-hydrogen) atoms. The lowest BCUT2D eigenvalue weighted by Crippen LogP contribution is -2.51. The molecule has 11 nitrogen and oxygen atoms in total. The first-order valence-corrected chi connectivity index (χ1v) is 15.0. The van der Waals surface area contributed by atoms with Gasteiger partial charge < -0.3 is 14.9 Å². The highest BCUT2D eigenvalue weighted by molar-refractivity contribution is 5.77. The number of anilines is 2. The van der Waals surface area contributed by atoms with Crippen LogP contribution in [0.15, 0.2) is 47.4 Å². The van der Waals surface area contributed by atoms with Gasteiger partial charge >= 0.3 is 6.09 Å². The zero-order valence-corrected chi connectivity index (χ0v) is 26.3. The van der Waals surface area contributed by atoms with Crippen LogP contribution in [0.25, 0.3) is 21.7 Å². The number of nitrogens with zero attached hydrogens (tertiary/aromatic N) is 7. The van der Waals surface area contributed by atoms with Crippen molar-refractivity contribution in [3.8, 4) is 5.82 Å². The third-order valence-electron chi connectivity index (χ3n) is 8.39. The summed E-state index contributed by atoms with van der Waals surface area (Å²) in [4.78, 5) is 46.2. The Bertz CT molecular complexity index is 1890. The minimum atomic E-state index is -0.575. The van der Waals surface area contributed by atoms with E-state index in [1.807, 2.05) is 78.8 Å². The van der Waals surface area contributed by atoms with E-state index in [9.17, 15) is 9.59 Å². The summed E-state index contributed by atoms with van der Waals surface area (Å²) in [5, 5.41) is 3.70. The van der Waals surface area contributed by atoms with Crippen LogP contribution in [0, 0.1) is 6.57 Å². The van der Waals surface area contributed by atoms with E-state index in [0.717, 1.165) is 29.7 Å². The maximum Gasteiger partial charge on any atom is 0.411 e. The van der Waals surface area contributed by atoms with Gasteiger partial charge in [0.2, 0.25) is 5.95 Å². The zero-order chi connectivity index (χ0) is 31.6. The predicted molar refractivity (Wildman–Crippen MR) is 168 cm³/mol. The number of nitrogens with one attached hydrogen (secondary N) is 1. The van der Waals surface area contributed by atoms with Crippen LogP contribution < -0.4 is 10.9 Å². The van der Waals surface area contributed by atoms with E-state index >= 15 is 0 Å². The quantitative estimate of drug-likeness (QED) is 0.272. The number of amides is 1. The van der Waals surface area contributed by atoms with Gasteiger partial charge in [-0.2, -0.15) is 4.98 Å². The van der Waals surface area contributed by atoms with E-state index in [4.69, 9.17) is 21.3 Å². The first-order valence-electron chi connectivity index (χ1n) is 15.0. The first-order chi connectivity index (χ1) is 20.7. The van der Waals surface area contributed by atoms with E-state index in [0.29, 0.717) is 41.5 Å². The molecule has 1 N–H and O–H groups in total. The van der Waals surface area contributed by atoms with E-state index in [1.165, 1.54) is 0 Å². The average Bonchev–Trinajstić information content (AvgIpc) is 3.70. The number of hydrogen-bond acceptors (Lipinski definition) is 7. The normalized spacial score (nSPS) is 16.8. The highest BCUT2D eigenvalue weighted by atomic mass is 16.6. The summed E-state index contributed by atoms with van der Waals surface area (Å²) in [6.07, 6.45) is 3.47. The van der Waals surface area contributed by atoms with Gasteiger partial charge in [0.25, 0.3) is 11.1 Å². The van der Waals surface area contributed by atoms with Gasteiger partial charge in [-0.15, -0.1) is 0 Å². The van der Waals surface area contributed by atoms with Crippen molar-refractivity contribution in [2.75, 3.05) is 11.9 Å². The van der Waals surface area contributed by atoms with Crippen molar-refractivity contribution in [2.24, 2.45) is 0 Å². The summed E-state index contributed by atoms with van der Waals surface area (Å²) in [5.74, 6) is 0.877. The van der Waals surface area contributed by atoms with Gasteiger partial charge in [-0.25, -0.2) is 30.7 Å². The summed E-state index contributed by atoms with van der Waals surface area (Å²) in [7, 11) is 0. The van der Waals surface area contributed by atoms with E-state index in [1.54, 1.807) is 20.5 Å². The monoisotopic (exact) mass is 594 g/mol. The van der Waals surface area contributed by atoms with Crippen molar-refractivity contribution < 1.29 is 9.53 Å². The molecule has 6 rings (SSSR count). The number of rotatable bonds is 5. The van der Waals surface area contributed by atoms with Crippen LogP contribution in [0.3, 0.4) is 0 Å². The lowest BCUT2D eigenvalue weighted by atomic mass is 9.83. The van der Waals surface area contributed by atoms with Crippen LogP contribution >= 0.6 is 0 Å². The number of benzene rings is 1. The molecule has 0 unspecified atom stereocenters. The Morgan fingerprint density at radius 2 is 1.89 bits per heavy atom. The Hall–Kier alpha value is -4.72. The molecule has 11 heteroatoms. The summed E-state index contributed by atoms with van der Waals surface area (Å²) in [6.45, 7) is 21.8. The number of carbonyl (C=O) groups is 1. The zero-order valence-electron chi connectivity index (χ0n) is 26.3. The second-order valence-electron chi connectivity index (χ2n) is 13.4. The fourth-order valence-electron chi connectivity index (χ4n) is 5.99. The molecule has 0 saturated heterocycles. The van der Waals surface area contributed by atoms with Crippen LogP contribution in [-0.2, 0) is 22.2 Å². The van der Waals surface area contributed by atoms with Crippen LogP contribution in [-0.4, -0.2) is 47.5 Å². The summed E-state index contributed by atoms with van der Waals surface area (Å²) < 4.78 is 9.04. The Labute approximate surface area is 256 Å². The minimum Gasteiger partial charge on any atom is -0.444 e. The van der Waals surface area contributed by atoms with Crippen LogP contribution in [0.4, 0.5) is 16.4 Å². The van der Waals surface area contributed by atoms with Gasteiger partial charge in [-0.3, -0.25) is 9.69 Å². The van der Waals surface area contributed by atoms with Gasteiger partial charge in [0.1, 0.15) is 16.7 Å². The highest BCUT2D eigenvalue weighted by Gasteiger charge is 2.54. The number of carbonyl (C=O) groups excluding carboxylic acids is 1. The molecule has 1 aromatic carbocycles. The van der Waals surface area contributed by atoms with Crippen molar-refractivity contribution in [1.29, 1.82) is 0 Å². The Morgan fingerprint density at radius 3 is 2.55 bits per heavy atom. The van der Waals surface area contributed by atoms with Gasteiger partial charge in [0.05, 0.1) is 5.54 Å². The SMILES string of the molecule is [C-]#[N+]C1(c2cccc(-n3c4nc(Nc5ccc6c(c5)CCN(C(=O)OC(C)(C)C)C6(C)C)ncc4c(=O)n3C(C)C)n2)CC1. The minimum absolute atomic E-state index is 0.168. The van der Waals surface area contributed by atoms with Crippen molar-refractivity contribution in [3.05, 3.63) is 81.2 Å². The Morgan fingerprint density at radius 1 is 1.14 bits per heavy atom. The number of ether oxygens (including phenoxy) is 1.